The number of rotatable bonds is 9. The summed E-state index contributed by atoms with van der Waals surface area (Å²) < 4.78 is 12.7. The molecule has 0 radical (unpaired) electrons. The molecule has 0 saturated carbocycles. The van der Waals surface area contributed by atoms with Gasteiger partial charge >= 0.3 is 0 Å². The Kier molecular flexibility index (Phi) is 9.12. The van der Waals surface area contributed by atoms with E-state index in [1.165, 1.54) is 16.7 Å². The summed E-state index contributed by atoms with van der Waals surface area (Å²) in [4.78, 5) is 21.7. The molecule has 2 aliphatic heterocycles. The van der Waals surface area contributed by atoms with E-state index in [-0.39, 0.29) is 5.60 Å². The van der Waals surface area contributed by atoms with Crippen molar-refractivity contribution in [3.05, 3.63) is 131 Å². The number of anilines is 1. The zero-order chi connectivity index (χ0) is 33.3. The fourth-order valence-corrected chi connectivity index (χ4v) is 6.78. The third-order valence-electron chi connectivity index (χ3n) is 9.36. The maximum Gasteiger partial charge on any atom is 0.199 e. The first-order valence-electron chi connectivity index (χ1n) is 16.5. The number of aromatic amines is 1. The van der Waals surface area contributed by atoms with Gasteiger partial charge in [0.1, 0.15) is 17.6 Å². The Hall–Kier alpha value is -4.40. The van der Waals surface area contributed by atoms with Crippen LogP contribution in [0.3, 0.4) is 0 Å². The molecule has 0 bridgehead atoms. The Morgan fingerprint density at radius 3 is 2.50 bits per heavy atom. The largest absolute Gasteiger partial charge is 0.457 e. The van der Waals surface area contributed by atoms with Crippen LogP contribution in [0.1, 0.15) is 47.9 Å². The summed E-state index contributed by atoms with van der Waals surface area (Å²) in [6.07, 6.45) is 1.45. The topological polar surface area (TPSA) is 78.0 Å². The van der Waals surface area contributed by atoms with E-state index in [1.54, 1.807) is 18.2 Å². The number of aliphatic hydroxyl groups is 1. The van der Waals surface area contributed by atoms with Crippen LogP contribution in [0.25, 0.3) is 16.5 Å². The molecule has 0 aliphatic carbocycles. The minimum atomic E-state index is -1.29. The predicted octanol–water partition coefficient (Wildman–Crippen LogP) is 8.30. The second-order valence-electron chi connectivity index (χ2n) is 13.3. The number of ether oxygens (including phenoxy) is 2. The van der Waals surface area contributed by atoms with Crippen LogP contribution in [-0.2, 0) is 4.74 Å². The van der Waals surface area contributed by atoms with Crippen molar-refractivity contribution < 1.29 is 19.4 Å². The molecule has 4 aromatic carbocycles. The number of benzene rings is 4. The molecule has 0 spiro atoms. The predicted molar refractivity (Wildman–Crippen MR) is 192 cm³/mol. The van der Waals surface area contributed by atoms with E-state index in [4.69, 9.17) is 21.1 Å². The number of carbonyl (C=O) groups excluding carboxylic acids is 1. The van der Waals surface area contributed by atoms with Crippen LogP contribution < -0.4 is 9.64 Å². The number of aromatic nitrogens is 1. The van der Waals surface area contributed by atoms with E-state index in [1.807, 2.05) is 72.9 Å². The highest BCUT2D eigenvalue weighted by Crippen LogP contribution is 2.37. The molecule has 246 valence electrons. The Morgan fingerprint density at radius 2 is 1.73 bits per heavy atom. The van der Waals surface area contributed by atoms with Gasteiger partial charge in [-0.15, -0.1) is 0 Å². The fourth-order valence-electron chi connectivity index (χ4n) is 6.66. The van der Waals surface area contributed by atoms with Crippen LogP contribution in [0.4, 0.5) is 5.69 Å². The number of halogens is 1. The van der Waals surface area contributed by atoms with Gasteiger partial charge in [-0.3, -0.25) is 9.69 Å². The molecule has 1 atom stereocenters. The summed E-state index contributed by atoms with van der Waals surface area (Å²) in [6, 6.07) is 30.6. The number of aliphatic hydroxyl groups excluding tert-OH is 1. The normalized spacial score (nSPS) is 17.5. The van der Waals surface area contributed by atoms with E-state index in [0.29, 0.717) is 29.2 Å². The van der Waals surface area contributed by atoms with Gasteiger partial charge in [-0.1, -0.05) is 54.1 Å². The Morgan fingerprint density at radius 1 is 0.958 bits per heavy atom. The molecular formula is C40H40ClN3O4. The van der Waals surface area contributed by atoms with Crippen molar-refractivity contribution in [1.82, 2.24) is 9.88 Å². The Balaban J connectivity index is 1.11. The van der Waals surface area contributed by atoms with E-state index in [9.17, 15) is 9.90 Å². The number of fused-ring (bicyclic) bond motifs is 1. The number of nitrogens with zero attached hydrogens (tertiary/aromatic N) is 2. The number of hydrogen-bond donors (Lipinski definition) is 2. The molecule has 1 unspecified atom stereocenters. The average Bonchev–Trinajstić information content (AvgIpc) is 3.57. The molecule has 48 heavy (non-hydrogen) atoms. The quantitative estimate of drug-likeness (QED) is 0.155. The molecule has 8 heteroatoms. The number of Topliss-reactive ketones (excluding diaryl/α,β-unsaturated/α-hetero) is 1. The second-order valence-corrected chi connectivity index (χ2v) is 13.7. The Bertz CT molecular complexity index is 1940. The third kappa shape index (κ3) is 7.05. The number of nitrogens with one attached hydrogen (secondary N) is 1. The standard InChI is InChI=1S/C40H40ClN3O4/c1-40(2)24-35(27-8-10-31(41)11-9-27)30(26-47-40)25-43-18-20-44(21-19-43)32-12-14-34(39(46)38(45)28-6-4-3-5-7-28)37(23-32)48-33-13-15-36-29(22-33)16-17-42-36/h3-17,22-23,38,42,45H,18-21,24-26H2,1-2H3. The lowest BCUT2D eigenvalue weighted by Crippen LogP contribution is -2.47. The lowest BCUT2D eigenvalue weighted by molar-refractivity contribution is -0.0101. The maximum atomic E-state index is 13.7. The van der Waals surface area contributed by atoms with Crippen molar-refractivity contribution in [3.63, 3.8) is 0 Å². The summed E-state index contributed by atoms with van der Waals surface area (Å²) >= 11 is 6.20. The molecule has 0 amide bonds. The van der Waals surface area contributed by atoms with Crippen molar-refractivity contribution in [2.75, 3.05) is 44.2 Å². The zero-order valence-corrected chi connectivity index (χ0v) is 28.0. The van der Waals surface area contributed by atoms with Gasteiger partial charge in [0.2, 0.25) is 0 Å². The highest BCUT2D eigenvalue weighted by Gasteiger charge is 2.30. The lowest BCUT2D eigenvalue weighted by Gasteiger charge is -2.39. The molecule has 5 aromatic rings. The third-order valence-corrected chi connectivity index (χ3v) is 9.61. The Labute approximate surface area is 286 Å². The van der Waals surface area contributed by atoms with Crippen LogP contribution in [0.2, 0.25) is 5.02 Å². The second kappa shape index (κ2) is 13.6. The van der Waals surface area contributed by atoms with Crippen molar-refractivity contribution in [1.29, 1.82) is 0 Å². The van der Waals surface area contributed by atoms with E-state index in [2.05, 4.69) is 40.8 Å². The van der Waals surface area contributed by atoms with Crippen LogP contribution in [0.5, 0.6) is 11.5 Å². The molecule has 3 heterocycles. The molecule has 7 nitrogen and oxygen atoms in total. The van der Waals surface area contributed by atoms with Gasteiger partial charge in [0.15, 0.2) is 5.78 Å². The van der Waals surface area contributed by atoms with Gasteiger partial charge in [-0.05, 0) is 84.7 Å². The van der Waals surface area contributed by atoms with Crippen molar-refractivity contribution in [3.8, 4) is 11.5 Å². The highest BCUT2D eigenvalue weighted by molar-refractivity contribution is 6.30. The van der Waals surface area contributed by atoms with E-state index >= 15 is 0 Å². The van der Waals surface area contributed by atoms with Crippen LogP contribution >= 0.6 is 11.6 Å². The summed E-state index contributed by atoms with van der Waals surface area (Å²) in [5.74, 6) is 0.637. The molecule has 1 saturated heterocycles. The van der Waals surface area contributed by atoms with Crippen LogP contribution in [0.15, 0.2) is 109 Å². The minimum Gasteiger partial charge on any atom is -0.457 e. The van der Waals surface area contributed by atoms with Gasteiger partial charge in [0.05, 0.1) is 17.8 Å². The maximum absolute atomic E-state index is 13.7. The monoisotopic (exact) mass is 661 g/mol. The number of carbonyl (C=O) groups is 1. The molecule has 1 fully saturated rings. The average molecular weight is 662 g/mol. The summed E-state index contributed by atoms with van der Waals surface area (Å²) in [5, 5.41) is 12.8. The van der Waals surface area contributed by atoms with Crippen molar-refractivity contribution in [2.24, 2.45) is 0 Å². The number of ketones is 1. The first-order valence-corrected chi connectivity index (χ1v) is 16.8. The fraction of sp³-hybridized carbons (Fsp3) is 0.275. The van der Waals surface area contributed by atoms with Crippen LogP contribution in [-0.4, -0.2) is 65.7 Å². The van der Waals surface area contributed by atoms with Gasteiger partial charge in [-0.25, -0.2) is 0 Å². The van der Waals surface area contributed by atoms with Gasteiger partial charge in [-0.2, -0.15) is 0 Å². The van der Waals surface area contributed by atoms with Crippen molar-refractivity contribution in [2.45, 2.75) is 32.0 Å². The number of H-pyrrole nitrogens is 1. The molecule has 7 rings (SSSR count). The first-order chi connectivity index (χ1) is 23.2. The molecule has 2 aliphatic rings. The summed E-state index contributed by atoms with van der Waals surface area (Å²) in [7, 11) is 0. The van der Waals surface area contributed by atoms with Gasteiger partial charge in [0, 0.05) is 73.0 Å². The van der Waals surface area contributed by atoms with Crippen LogP contribution in [0, 0.1) is 0 Å². The molecular weight excluding hydrogens is 622 g/mol. The first kappa shape index (κ1) is 32.2. The smallest absolute Gasteiger partial charge is 0.199 e. The lowest BCUT2D eigenvalue weighted by atomic mass is 9.87. The number of hydrogen-bond acceptors (Lipinski definition) is 6. The number of piperazine rings is 1. The molecule has 2 N–H and O–H groups in total. The zero-order valence-electron chi connectivity index (χ0n) is 27.3. The summed E-state index contributed by atoms with van der Waals surface area (Å²) in [5.41, 5.74) is 6.52. The van der Waals surface area contributed by atoms with Crippen molar-refractivity contribution >= 4 is 39.5 Å². The molecule has 1 aromatic heterocycles. The SMILES string of the molecule is CC1(C)CC(c2ccc(Cl)cc2)=C(CN2CCN(c3ccc(C(=O)C(O)c4ccccc4)c(Oc4ccc5[nH]ccc5c4)c3)CC2)CO1. The highest BCUT2D eigenvalue weighted by atomic mass is 35.5. The summed E-state index contributed by atoms with van der Waals surface area (Å²) in [6.45, 7) is 9.18. The van der Waals surface area contributed by atoms with E-state index in [0.717, 1.165) is 60.8 Å². The van der Waals surface area contributed by atoms with Gasteiger partial charge < -0.3 is 24.5 Å². The van der Waals surface area contributed by atoms with Gasteiger partial charge in [0.25, 0.3) is 0 Å². The van der Waals surface area contributed by atoms with E-state index < -0.39 is 11.9 Å². The minimum absolute atomic E-state index is 0.213.